The van der Waals surface area contributed by atoms with Crippen molar-refractivity contribution in [3.05, 3.63) is 45.2 Å². The summed E-state index contributed by atoms with van der Waals surface area (Å²) in [6.07, 6.45) is 1.08. The van der Waals surface area contributed by atoms with Crippen LogP contribution in [-0.4, -0.2) is 21.0 Å². The SMILES string of the molecule is O=C(O)c1nc(-c2ccc(F)c(F)c2Br)ncc1Cl. The van der Waals surface area contributed by atoms with Crippen LogP contribution in [0, 0.1) is 11.6 Å². The first-order valence-electron chi connectivity index (χ1n) is 4.81. The number of aromatic nitrogens is 2. The molecule has 0 aliphatic heterocycles. The highest BCUT2D eigenvalue weighted by molar-refractivity contribution is 9.10. The predicted molar refractivity (Wildman–Crippen MR) is 67.1 cm³/mol. The van der Waals surface area contributed by atoms with Gasteiger partial charge in [-0.2, -0.15) is 0 Å². The molecule has 0 aliphatic rings. The van der Waals surface area contributed by atoms with E-state index in [1.54, 1.807) is 0 Å². The Balaban J connectivity index is 2.63. The van der Waals surface area contributed by atoms with Gasteiger partial charge >= 0.3 is 5.97 Å². The number of carbonyl (C=O) groups is 1. The second kappa shape index (κ2) is 5.18. The predicted octanol–water partition coefficient (Wildman–Crippen LogP) is 3.54. The lowest BCUT2D eigenvalue weighted by Gasteiger charge is -2.06. The molecule has 0 atom stereocenters. The van der Waals surface area contributed by atoms with E-state index in [0.29, 0.717) is 0 Å². The molecule has 2 rings (SSSR count). The van der Waals surface area contributed by atoms with Gasteiger partial charge in [-0.25, -0.2) is 23.5 Å². The quantitative estimate of drug-likeness (QED) is 0.843. The monoisotopic (exact) mass is 348 g/mol. The molecule has 0 aliphatic carbocycles. The van der Waals surface area contributed by atoms with Gasteiger partial charge in [0.1, 0.15) is 0 Å². The van der Waals surface area contributed by atoms with Crippen LogP contribution in [-0.2, 0) is 0 Å². The summed E-state index contributed by atoms with van der Waals surface area (Å²) in [5.74, 6) is -3.56. The summed E-state index contributed by atoms with van der Waals surface area (Å²) < 4.78 is 26.2. The average molecular weight is 350 g/mol. The van der Waals surface area contributed by atoms with Gasteiger partial charge in [-0.15, -0.1) is 0 Å². The number of rotatable bonds is 2. The lowest BCUT2D eigenvalue weighted by Crippen LogP contribution is -2.04. The van der Waals surface area contributed by atoms with Crippen molar-refractivity contribution < 1.29 is 18.7 Å². The molecule has 0 radical (unpaired) electrons. The van der Waals surface area contributed by atoms with Gasteiger partial charge in [0.2, 0.25) is 0 Å². The van der Waals surface area contributed by atoms with Crippen molar-refractivity contribution in [1.82, 2.24) is 9.97 Å². The van der Waals surface area contributed by atoms with E-state index >= 15 is 0 Å². The Labute approximate surface area is 119 Å². The Kier molecular flexibility index (Phi) is 3.77. The van der Waals surface area contributed by atoms with Gasteiger partial charge in [-0.3, -0.25) is 0 Å². The third kappa shape index (κ3) is 2.57. The largest absolute Gasteiger partial charge is 0.476 e. The maximum Gasteiger partial charge on any atom is 0.356 e. The number of carboxylic acid groups (broad SMARTS) is 1. The molecule has 4 nitrogen and oxygen atoms in total. The van der Waals surface area contributed by atoms with E-state index in [0.717, 1.165) is 12.3 Å². The minimum atomic E-state index is -1.34. The Morgan fingerprint density at radius 2 is 2.05 bits per heavy atom. The van der Waals surface area contributed by atoms with Crippen molar-refractivity contribution in [3.63, 3.8) is 0 Å². The lowest BCUT2D eigenvalue weighted by molar-refractivity contribution is 0.0690. The minimum Gasteiger partial charge on any atom is -0.476 e. The van der Waals surface area contributed by atoms with Gasteiger partial charge in [-0.1, -0.05) is 11.6 Å². The topological polar surface area (TPSA) is 63.1 Å². The van der Waals surface area contributed by atoms with Crippen LogP contribution in [0.4, 0.5) is 8.78 Å². The summed E-state index contributed by atoms with van der Waals surface area (Å²) >= 11 is 8.50. The van der Waals surface area contributed by atoms with Crippen molar-refractivity contribution in [3.8, 4) is 11.4 Å². The van der Waals surface area contributed by atoms with Crippen LogP contribution in [0.1, 0.15) is 10.5 Å². The first-order chi connectivity index (χ1) is 8.91. The third-order valence-corrected chi connectivity index (χ3v) is 3.27. The minimum absolute atomic E-state index is 0.0763. The Morgan fingerprint density at radius 3 is 2.68 bits per heavy atom. The number of nitrogens with zero attached hydrogens (tertiary/aromatic N) is 2. The Bertz CT molecular complexity index is 682. The number of hydrogen-bond donors (Lipinski definition) is 1. The summed E-state index contributed by atoms with van der Waals surface area (Å²) in [7, 11) is 0. The summed E-state index contributed by atoms with van der Waals surface area (Å²) in [5, 5.41) is 8.74. The van der Waals surface area contributed by atoms with Crippen LogP contribution in [0.5, 0.6) is 0 Å². The van der Waals surface area contributed by atoms with Gasteiger partial charge in [0.05, 0.1) is 15.7 Å². The van der Waals surface area contributed by atoms with Gasteiger partial charge in [-0.05, 0) is 28.1 Å². The van der Waals surface area contributed by atoms with Crippen LogP contribution in [0.3, 0.4) is 0 Å². The maximum absolute atomic E-state index is 13.4. The summed E-state index contributed by atoms with van der Waals surface area (Å²) in [4.78, 5) is 18.4. The number of aromatic carboxylic acids is 1. The zero-order valence-corrected chi connectivity index (χ0v) is 11.3. The molecule has 0 saturated heterocycles. The van der Waals surface area contributed by atoms with Crippen molar-refractivity contribution in [1.29, 1.82) is 0 Å². The number of hydrogen-bond acceptors (Lipinski definition) is 3. The highest BCUT2D eigenvalue weighted by Gasteiger charge is 2.18. The molecule has 19 heavy (non-hydrogen) atoms. The fourth-order valence-electron chi connectivity index (χ4n) is 1.35. The van der Waals surface area contributed by atoms with Crippen molar-refractivity contribution >= 4 is 33.5 Å². The van der Waals surface area contributed by atoms with Crippen molar-refractivity contribution in [2.45, 2.75) is 0 Å². The Hall–Kier alpha value is -1.60. The molecule has 98 valence electrons. The van der Waals surface area contributed by atoms with Crippen LogP contribution < -0.4 is 0 Å². The molecule has 0 spiro atoms. The van der Waals surface area contributed by atoms with Crippen molar-refractivity contribution in [2.24, 2.45) is 0 Å². The molecule has 0 unspecified atom stereocenters. The number of benzene rings is 1. The van der Waals surface area contributed by atoms with E-state index < -0.39 is 23.3 Å². The smallest absolute Gasteiger partial charge is 0.356 e. The highest BCUT2D eigenvalue weighted by atomic mass is 79.9. The van der Waals surface area contributed by atoms with E-state index in [2.05, 4.69) is 25.9 Å². The molecule has 0 saturated carbocycles. The maximum atomic E-state index is 13.4. The van der Waals surface area contributed by atoms with Gasteiger partial charge < -0.3 is 5.11 Å². The van der Waals surface area contributed by atoms with Crippen LogP contribution in [0.2, 0.25) is 5.02 Å². The van der Waals surface area contributed by atoms with Crippen LogP contribution >= 0.6 is 27.5 Å². The van der Waals surface area contributed by atoms with Crippen LogP contribution in [0.25, 0.3) is 11.4 Å². The molecule has 1 heterocycles. The van der Waals surface area contributed by atoms with E-state index in [9.17, 15) is 13.6 Å². The standard InChI is InChI=1S/C11H4BrClF2N2O2/c12-7-4(1-2-6(14)8(7)15)10-16-3-5(13)9(17-10)11(18)19/h1-3H,(H,18,19). The molecule has 0 amide bonds. The highest BCUT2D eigenvalue weighted by Crippen LogP contribution is 2.30. The van der Waals surface area contributed by atoms with Crippen LogP contribution in [0.15, 0.2) is 22.8 Å². The van der Waals surface area contributed by atoms with Gasteiger partial charge in [0.15, 0.2) is 23.2 Å². The van der Waals surface area contributed by atoms with Gasteiger partial charge in [0.25, 0.3) is 0 Å². The molecule has 1 aromatic heterocycles. The second-order valence-corrected chi connectivity index (χ2v) is 4.62. The lowest BCUT2D eigenvalue weighted by atomic mass is 10.2. The normalized spacial score (nSPS) is 10.5. The molecule has 1 N–H and O–H groups in total. The summed E-state index contributed by atoms with van der Waals surface area (Å²) in [5.41, 5.74) is -0.290. The second-order valence-electron chi connectivity index (χ2n) is 3.42. The molecular formula is C11H4BrClF2N2O2. The fourth-order valence-corrected chi connectivity index (χ4v) is 2.02. The molecular weight excluding hydrogens is 345 g/mol. The number of carboxylic acids is 1. The van der Waals surface area contributed by atoms with E-state index in [1.807, 2.05) is 0 Å². The molecule has 0 fully saturated rings. The first-order valence-corrected chi connectivity index (χ1v) is 5.98. The molecule has 8 heteroatoms. The number of halogens is 4. The molecule has 0 bridgehead atoms. The molecule has 1 aromatic carbocycles. The first kappa shape index (κ1) is 13.8. The zero-order chi connectivity index (χ0) is 14.2. The van der Waals surface area contributed by atoms with Gasteiger partial charge in [0, 0.05) is 5.56 Å². The average Bonchev–Trinajstić information content (AvgIpc) is 2.37. The van der Waals surface area contributed by atoms with E-state index in [1.165, 1.54) is 6.07 Å². The summed E-state index contributed by atoms with van der Waals surface area (Å²) in [6, 6.07) is 2.13. The Morgan fingerprint density at radius 1 is 1.37 bits per heavy atom. The van der Waals surface area contributed by atoms with E-state index in [-0.39, 0.29) is 20.9 Å². The third-order valence-electron chi connectivity index (χ3n) is 2.22. The summed E-state index contributed by atoms with van der Waals surface area (Å²) in [6.45, 7) is 0. The molecule has 2 aromatic rings. The van der Waals surface area contributed by atoms with E-state index in [4.69, 9.17) is 16.7 Å². The van der Waals surface area contributed by atoms with Crippen molar-refractivity contribution in [2.75, 3.05) is 0 Å². The fraction of sp³-hybridized carbons (Fsp3) is 0. The zero-order valence-electron chi connectivity index (χ0n) is 8.99.